The van der Waals surface area contributed by atoms with Crippen molar-refractivity contribution in [2.45, 2.75) is 20.0 Å². The van der Waals surface area contributed by atoms with Crippen molar-refractivity contribution in [3.63, 3.8) is 0 Å². The summed E-state index contributed by atoms with van der Waals surface area (Å²) in [5.41, 5.74) is 1.61. The van der Waals surface area contributed by atoms with Gasteiger partial charge in [0.25, 0.3) is 0 Å². The number of rotatable bonds is 6. The molecule has 2 aromatic rings. The molecule has 1 fully saturated rings. The van der Waals surface area contributed by atoms with E-state index in [9.17, 15) is 9.18 Å². The summed E-state index contributed by atoms with van der Waals surface area (Å²) >= 11 is 0. The van der Waals surface area contributed by atoms with E-state index in [1.54, 1.807) is 17.0 Å². The lowest BCUT2D eigenvalue weighted by Crippen LogP contribution is -2.50. The van der Waals surface area contributed by atoms with E-state index in [0.717, 1.165) is 18.7 Å². The molecule has 126 valence electrons. The minimum Gasteiger partial charge on any atom is -0.334 e. The molecule has 0 bridgehead atoms. The van der Waals surface area contributed by atoms with Crippen LogP contribution in [-0.4, -0.2) is 23.9 Å². The molecule has 1 N–H and O–H groups in total. The van der Waals surface area contributed by atoms with E-state index in [0.29, 0.717) is 24.6 Å². The Kier molecular flexibility index (Phi) is 5.26. The fourth-order valence-corrected chi connectivity index (χ4v) is 3.00. The van der Waals surface area contributed by atoms with Gasteiger partial charge in [-0.3, -0.25) is 4.79 Å². The van der Waals surface area contributed by atoms with Crippen LogP contribution in [0.15, 0.2) is 54.6 Å². The second-order valence-corrected chi connectivity index (χ2v) is 6.48. The van der Waals surface area contributed by atoms with Gasteiger partial charge in [0.05, 0.1) is 0 Å². The number of halogens is 1. The molecule has 1 aliphatic rings. The molecule has 0 aliphatic carbocycles. The van der Waals surface area contributed by atoms with Gasteiger partial charge in [-0.1, -0.05) is 55.5 Å². The minimum absolute atomic E-state index is 0.0539. The van der Waals surface area contributed by atoms with Gasteiger partial charge in [0, 0.05) is 24.6 Å². The van der Waals surface area contributed by atoms with Gasteiger partial charge in [-0.05, 0) is 30.6 Å². The Balaban J connectivity index is 1.79. The number of carbonyl (C=O) groups excluding carboxylic acids is 1. The molecule has 3 nitrogen and oxygen atoms in total. The molecule has 1 unspecified atom stereocenters. The minimum atomic E-state index is -0.263. The molecule has 0 radical (unpaired) electrons. The van der Waals surface area contributed by atoms with Crippen LogP contribution in [0, 0.1) is 17.7 Å². The van der Waals surface area contributed by atoms with Crippen molar-refractivity contribution < 1.29 is 9.18 Å². The van der Waals surface area contributed by atoms with Gasteiger partial charge < -0.3 is 10.2 Å². The van der Waals surface area contributed by atoms with E-state index >= 15 is 0 Å². The smallest absolute Gasteiger partial charge is 0.226 e. The maximum absolute atomic E-state index is 14.0. The molecule has 1 saturated heterocycles. The van der Waals surface area contributed by atoms with E-state index in [2.05, 4.69) is 5.32 Å². The maximum Gasteiger partial charge on any atom is 0.226 e. The van der Waals surface area contributed by atoms with Crippen molar-refractivity contribution in [2.75, 3.05) is 13.1 Å². The number of hydrogen-bond donors (Lipinski definition) is 1. The van der Waals surface area contributed by atoms with Crippen molar-refractivity contribution in [3.05, 3.63) is 71.5 Å². The number of benzene rings is 2. The van der Waals surface area contributed by atoms with Gasteiger partial charge in [-0.2, -0.15) is 0 Å². The first-order chi connectivity index (χ1) is 11.6. The van der Waals surface area contributed by atoms with E-state index in [1.165, 1.54) is 6.07 Å². The molecule has 1 aliphatic heterocycles. The molecule has 2 aromatic carbocycles. The van der Waals surface area contributed by atoms with E-state index in [1.807, 2.05) is 43.3 Å². The van der Waals surface area contributed by atoms with Gasteiger partial charge >= 0.3 is 0 Å². The summed E-state index contributed by atoms with van der Waals surface area (Å²) < 4.78 is 14.0. The van der Waals surface area contributed by atoms with Gasteiger partial charge in [0.15, 0.2) is 0 Å². The third kappa shape index (κ3) is 3.82. The van der Waals surface area contributed by atoms with Gasteiger partial charge in [0.1, 0.15) is 5.82 Å². The standard InChI is InChI=1S/C20H23FN2O/c1-15(18-11-22-12-18)20(24)23(13-16-7-3-2-4-8-16)14-17-9-5-6-10-19(17)21/h2-10,15,18,22H,11-14H2,1H3. The van der Waals surface area contributed by atoms with Crippen LogP contribution in [0.4, 0.5) is 4.39 Å². The number of carbonyl (C=O) groups is 1. The zero-order valence-corrected chi connectivity index (χ0v) is 13.9. The summed E-state index contributed by atoms with van der Waals surface area (Å²) in [5.74, 6) is 0.146. The second kappa shape index (κ2) is 7.58. The summed E-state index contributed by atoms with van der Waals surface area (Å²) in [7, 11) is 0. The highest BCUT2D eigenvalue weighted by molar-refractivity contribution is 5.79. The molecule has 1 amide bonds. The quantitative estimate of drug-likeness (QED) is 0.884. The highest BCUT2D eigenvalue weighted by Gasteiger charge is 2.31. The fourth-order valence-electron chi connectivity index (χ4n) is 3.00. The summed E-state index contributed by atoms with van der Waals surface area (Å²) in [6.45, 7) is 4.54. The summed E-state index contributed by atoms with van der Waals surface area (Å²) in [5, 5.41) is 3.21. The maximum atomic E-state index is 14.0. The average Bonchev–Trinajstić information content (AvgIpc) is 2.55. The lowest BCUT2D eigenvalue weighted by atomic mass is 9.87. The lowest BCUT2D eigenvalue weighted by Gasteiger charge is -2.35. The molecule has 0 spiro atoms. The van der Waals surface area contributed by atoms with Crippen molar-refractivity contribution in [3.8, 4) is 0 Å². The van der Waals surface area contributed by atoms with Crippen LogP contribution >= 0.6 is 0 Å². The van der Waals surface area contributed by atoms with Gasteiger partial charge in [-0.25, -0.2) is 4.39 Å². The third-order valence-electron chi connectivity index (χ3n) is 4.76. The van der Waals surface area contributed by atoms with Crippen LogP contribution in [0.1, 0.15) is 18.1 Å². The zero-order valence-electron chi connectivity index (χ0n) is 13.9. The van der Waals surface area contributed by atoms with E-state index in [4.69, 9.17) is 0 Å². The lowest BCUT2D eigenvalue weighted by molar-refractivity contribution is -0.138. The molecule has 1 heterocycles. The highest BCUT2D eigenvalue weighted by atomic mass is 19.1. The topological polar surface area (TPSA) is 32.3 Å². The first-order valence-electron chi connectivity index (χ1n) is 8.42. The Labute approximate surface area is 142 Å². The van der Waals surface area contributed by atoms with E-state index in [-0.39, 0.29) is 17.6 Å². The molecule has 0 aromatic heterocycles. The largest absolute Gasteiger partial charge is 0.334 e. The molecule has 3 rings (SSSR count). The summed E-state index contributed by atoms with van der Waals surface area (Å²) in [6.07, 6.45) is 0. The zero-order chi connectivity index (χ0) is 16.9. The van der Waals surface area contributed by atoms with Crippen molar-refractivity contribution in [1.29, 1.82) is 0 Å². The highest BCUT2D eigenvalue weighted by Crippen LogP contribution is 2.22. The van der Waals surface area contributed by atoms with Crippen LogP contribution in [0.5, 0.6) is 0 Å². The van der Waals surface area contributed by atoms with Crippen LogP contribution in [0.3, 0.4) is 0 Å². The Bertz CT molecular complexity index is 685. The molecule has 0 saturated carbocycles. The van der Waals surface area contributed by atoms with Crippen molar-refractivity contribution >= 4 is 5.91 Å². The van der Waals surface area contributed by atoms with Crippen LogP contribution < -0.4 is 5.32 Å². The molecule has 1 atom stereocenters. The Morgan fingerprint density at radius 2 is 1.79 bits per heavy atom. The summed E-state index contributed by atoms with van der Waals surface area (Å²) in [6, 6.07) is 16.5. The first-order valence-corrected chi connectivity index (χ1v) is 8.42. The van der Waals surface area contributed by atoms with Crippen LogP contribution in [-0.2, 0) is 17.9 Å². The van der Waals surface area contributed by atoms with Crippen molar-refractivity contribution in [1.82, 2.24) is 10.2 Å². The molecule has 24 heavy (non-hydrogen) atoms. The van der Waals surface area contributed by atoms with Gasteiger partial charge in [0.2, 0.25) is 5.91 Å². The third-order valence-corrected chi connectivity index (χ3v) is 4.76. The van der Waals surface area contributed by atoms with E-state index < -0.39 is 0 Å². The van der Waals surface area contributed by atoms with Crippen LogP contribution in [0.25, 0.3) is 0 Å². The normalized spacial score (nSPS) is 15.6. The second-order valence-electron chi connectivity index (χ2n) is 6.48. The predicted octanol–water partition coefficient (Wildman–Crippen LogP) is 3.21. The summed E-state index contributed by atoms with van der Waals surface area (Å²) in [4.78, 5) is 14.7. The predicted molar refractivity (Wildman–Crippen MR) is 92.6 cm³/mol. The molecular formula is C20H23FN2O. The number of hydrogen-bond acceptors (Lipinski definition) is 2. The number of amides is 1. The van der Waals surface area contributed by atoms with Gasteiger partial charge in [-0.15, -0.1) is 0 Å². The average molecular weight is 326 g/mol. The van der Waals surface area contributed by atoms with Crippen molar-refractivity contribution in [2.24, 2.45) is 11.8 Å². The Morgan fingerprint density at radius 1 is 1.12 bits per heavy atom. The number of nitrogens with one attached hydrogen (secondary N) is 1. The Hall–Kier alpha value is -2.20. The monoisotopic (exact) mass is 326 g/mol. The van der Waals surface area contributed by atoms with Crippen LogP contribution in [0.2, 0.25) is 0 Å². The SMILES string of the molecule is CC(C(=O)N(Cc1ccccc1)Cc1ccccc1F)C1CNC1. The molecular weight excluding hydrogens is 303 g/mol. The number of nitrogens with zero attached hydrogens (tertiary/aromatic N) is 1. The molecule has 4 heteroatoms. The fraction of sp³-hybridized carbons (Fsp3) is 0.350. The Morgan fingerprint density at radius 3 is 2.42 bits per heavy atom. The first kappa shape index (κ1) is 16.7.